The summed E-state index contributed by atoms with van der Waals surface area (Å²) in [5.74, 6) is 1.74. The number of hydrogen-bond acceptors (Lipinski definition) is 2. The van der Waals surface area contributed by atoms with Crippen LogP contribution in [0.2, 0.25) is 0 Å². The minimum absolute atomic E-state index is 0.533. The summed E-state index contributed by atoms with van der Waals surface area (Å²) in [4.78, 5) is 7.02. The monoisotopic (exact) mass is 282 g/mol. The van der Waals surface area contributed by atoms with Crippen LogP contribution in [0.3, 0.4) is 0 Å². The molecule has 0 spiro atoms. The fourth-order valence-electron chi connectivity index (χ4n) is 2.25. The van der Waals surface area contributed by atoms with E-state index in [0.717, 1.165) is 5.33 Å². The summed E-state index contributed by atoms with van der Waals surface area (Å²) in [7, 11) is 0. The van der Waals surface area contributed by atoms with E-state index in [0.29, 0.717) is 5.92 Å². The van der Waals surface area contributed by atoms with Crippen molar-refractivity contribution >= 4 is 21.7 Å². The highest BCUT2D eigenvalue weighted by molar-refractivity contribution is 9.09. The fourth-order valence-corrected chi connectivity index (χ4v) is 2.60. The number of piperidine rings is 1. The maximum Gasteiger partial charge on any atom is 0.132 e. The van der Waals surface area contributed by atoms with Gasteiger partial charge >= 0.3 is 0 Å². The lowest BCUT2D eigenvalue weighted by atomic mass is 10.0. The summed E-state index contributed by atoms with van der Waals surface area (Å²) < 4.78 is 0. The zero-order valence-electron chi connectivity index (χ0n) is 9.82. The molecule has 1 aromatic heterocycles. The third kappa shape index (κ3) is 2.57. The molecular weight excluding hydrogens is 264 g/mol. The van der Waals surface area contributed by atoms with E-state index in [2.05, 4.69) is 38.8 Å². The molecule has 88 valence electrons. The van der Waals surface area contributed by atoms with Gasteiger partial charge in [-0.3, -0.25) is 0 Å². The predicted octanol–water partition coefficient (Wildman–Crippen LogP) is 3.57. The Morgan fingerprint density at radius 1 is 1.38 bits per heavy atom. The number of nitrogens with zero attached hydrogens (tertiary/aromatic N) is 2. The highest BCUT2D eigenvalue weighted by Crippen LogP contribution is 2.28. The lowest BCUT2D eigenvalue weighted by molar-refractivity contribution is 0.570. The molecule has 2 rings (SSSR count). The van der Waals surface area contributed by atoms with Crippen LogP contribution < -0.4 is 4.90 Å². The number of halogens is 1. The third-order valence-electron chi connectivity index (χ3n) is 3.23. The van der Waals surface area contributed by atoms with Crippen molar-refractivity contribution in [1.82, 2.24) is 4.98 Å². The predicted molar refractivity (Wildman–Crippen MR) is 72.5 cm³/mol. The molecule has 0 bridgehead atoms. The van der Waals surface area contributed by atoms with Crippen LogP contribution in [0, 0.1) is 0 Å². The topological polar surface area (TPSA) is 16.1 Å². The molecule has 16 heavy (non-hydrogen) atoms. The van der Waals surface area contributed by atoms with Crippen LogP contribution in [-0.4, -0.2) is 23.4 Å². The standard InChI is InChI=1S/C13H19BrN2/c1-11(10-14)12-6-5-7-15-13(12)16-8-3-2-4-9-16/h5-7,11H,2-4,8-10H2,1H3. The molecular formula is C13H19BrN2. The van der Waals surface area contributed by atoms with Crippen LogP contribution in [0.25, 0.3) is 0 Å². The van der Waals surface area contributed by atoms with E-state index in [9.17, 15) is 0 Å². The van der Waals surface area contributed by atoms with Crippen LogP contribution in [0.15, 0.2) is 18.3 Å². The summed E-state index contributed by atoms with van der Waals surface area (Å²) in [5.41, 5.74) is 1.38. The number of pyridine rings is 1. The Kier molecular flexibility index (Phi) is 4.22. The second-order valence-corrected chi connectivity index (χ2v) is 5.17. The molecule has 1 fully saturated rings. The van der Waals surface area contributed by atoms with Gasteiger partial charge in [-0.05, 0) is 36.8 Å². The average molecular weight is 283 g/mol. The van der Waals surface area contributed by atoms with Crippen molar-refractivity contribution < 1.29 is 0 Å². The molecule has 0 aliphatic carbocycles. The average Bonchev–Trinajstić information content (AvgIpc) is 2.39. The van der Waals surface area contributed by atoms with Gasteiger partial charge in [-0.15, -0.1) is 0 Å². The SMILES string of the molecule is CC(CBr)c1cccnc1N1CCCCC1. The number of rotatable bonds is 3. The molecule has 2 heterocycles. The molecule has 1 unspecified atom stereocenters. The molecule has 0 amide bonds. The number of anilines is 1. The Balaban J connectivity index is 2.24. The Morgan fingerprint density at radius 2 is 2.12 bits per heavy atom. The smallest absolute Gasteiger partial charge is 0.132 e. The first-order valence-corrected chi connectivity index (χ1v) is 7.21. The normalized spacial score (nSPS) is 18.5. The van der Waals surface area contributed by atoms with E-state index in [1.54, 1.807) is 0 Å². The zero-order valence-corrected chi connectivity index (χ0v) is 11.4. The summed E-state index contributed by atoms with van der Waals surface area (Å²) in [6.45, 7) is 4.58. The van der Waals surface area contributed by atoms with Crippen molar-refractivity contribution in [3.63, 3.8) is 0 Å². The second-order valence-electron chi connectivity index (χ2n) is 4.52. The van der Waals surface area contributed by atoms with E-state index in [1.807, 2.05) is 12.3 Å². The summed E-state index contributed by atoms with van der Waals surface area (Å²) >= 11 is 3.56. The van der Waals surface area contributed by atoms with E-state index in [4.69, 9.17) is 0 Å². The molecule has 0 radical (unpaired) electrons. The van der Waals surface area contributed by atoms with Gasteiger partial charge < -0.3 is 4.90 Å². The van der Waals surface area contributed by atoms with E-state index < -0.39 is 0 Å². The zero-order chi connectivity index (χ0) is 11.4. The molecule has 1 atom stereocenters. The molecule has 0 aromatic carbocycles. The highest BCUT2D eigenvalue weighted by atomic mass is 79.9. The van der Waals surface area contributed by atoms with Crippen LogP contribution >= 0.6 is 15.9 Å². The van der Waals surface area contributed by atoms with Crippen molar-refractivity contribution in [3.8, 4) is 0 Å². The van der Waals surface area contributed by atoms with Gasteiger partial charge in [0.15, 0.2) is 0 Å². The van der Waals surface area contributed by atoms with Gasteiger partial charge in [0.2, 0.25) is 0 Å². The van der Waals surface area contributed by atoms with E-state index >= 15 is 0 Å². The second kappa shape index (κ2) is 5.67. The number of hydrogen-bond donors (Lipinski definition) is 0. The van der Waals surface area contributed by atoms with Gasteiger partial charge in [-0.1, -0.05) is 28.9 Å². The summed E-state index contributed by atoms with van der Waals surface area (Å²) in [5, 5.41) is 1.000. The lowest BCUT2D eigenvalue weighted by Crippen LogP contribution is -2.31. The molecule has 2 nitrogen and oxygen atoms in total. The molecule has 1 aliphatic heterocycles. The molecule has 1 aliphatic rings. The largest absolute Gasteiger partial charge is 0.356 e. The molecule has 1 aromatic rings. The van der Waals surface area contributed by atoms with Gasteiger partial charge in [0, 0.05) is 24.6 Å². The van der Waals surface area contributed by atoms with Gasteiger partial charge in [0.25, 0.3) is 0 Å². The van der Waals surface area contributed by atoms with Crippen molar-refractivity contribution in [3.05, 3.63) is 23.9 Å². The van der Waals surface area contributed by atoms with Gasteiger partial charge in [-0.25, -0.2) is 4.98 Å². The third-order valence-corrected chi connectivity index (χ3v) is 4.21. The first-order chi connectivity index (χ1) is 7.83. The highest BCUT2D eigenvalue weighted by Gasteiger charge is 2.17. The summed E-state index contributed by atoms with van der Waals surface area (Å²) in [6, 6.07) is 4.25. The molecule has 1 saturated heterocycles. The minimum atomic E-state index is 0.533. The Hall–Kier alpha value is -0.570. The molecule has 0 saturated carbocycles. The van der Waals surface area contributed by atoms with Crippen LogP contribution in [0.1, 0.15) is 37.7 Å². The lowest BCUT2D eigenvalue weighted by Gasteiger charge is -2.30. The molecule has 0 N–H and O–H groups in total. The van der Waals surface area contributed by atoms with Gasteiger partial charge in [0.05, 0.1) is 0 Å². The van der Waals surface area contributed by atoms with Gasteiger partial charge in [-0.2, -0.15) is 0 Å². The first kappa shape index (κ1) is 11.9. The van der Waals surface area contributed by atoms with Crippen LogP contribution in [0.5, 0.6) is 0 Å². The quantitative estimate of drug-likeness (QED) is 0.788. The number of aromatic nitrogens is 1. The van der Waals surface area contributed by atoms with E-state index in [1.165, 1.54) is 43.7 Å². The maximum atomic E-state index is 4.58. The van der Waals surface area contributed by atoms with Gasteiger partial charge in [0.1, 0.15) is 5.82 Å². The van der Waals surface area contributed by atoms with Crippen molar-refractivity contribution in [2.45, 2.75) is 32.1 Å². The fraction of sp³-hybridized carbons (Fsp3) is 0.615. The first-order valence-electron chi connectivity index (χ1n) is 6.08. The maximum absolute atomic E-state index is 4.58. The van der Waals surface area contributed by atoms with Crippen LogP contribution in [-0.2, 0) is 0 Å². The van der Waals surface area contributed by atoms with Crippen molar-refractivity contribution in [2.75, 3.05) is 23.3 Å². The van der Waals surface area contributed by atoms with Crippen molar-refractivity contribution in [2.24, 2.45) is 0 Å². The van der Waals surface area contributed by atoms with Crippen LogP contribution in [0.4, 0.5) is 5.82 Å². The van der Waals surface area contributed by atoms with E-state index in [-0.39, 0.29) is 0 Å². The Morgan fingerprint density at radius 3 is 2.81 bits per heavy atom. The van der Waals surface area contributed by atoms with Crippen molar-refractivity contribution in [1.29, 1.82) is 0 Å². The Labute approximate surface area is 106 Å². The Bertz CT molecular complexity index is 334. The number of alkyl halides is 1. The minimum Gasteiger partial charge on any atom is -0.356 e. The summed E-state index contributed by atoms with van der Waals surface area (Å²) in [6.07, 6.45) is 5.89. The molecule has 3 heteroatoms.